The van der Waals surface area contributed by atoms with E-state index in [1.165, 1.54) is 7.11 Å². The van der Waals surface area contributed by atoms with E-state index in [-0.39, 0.29) is 18.2 Å². The van der Waals surface area contributed by atoms with E-state index in [0.29, 0.717) is 0 Å². The third-order valence-electron chi connectivity index (χ3n) is 2.86. The van der Waals surface area contributed by atoms with E-state index in [2.05, 4.69) is 4.74 Å². The van der Waals surface area contributed by atoms with Crippen LogP contribution < -0.4 is 0 Å². The molecule has 1 aromatic rings. The van der Waals surface area contributed by atoms with Crippen LogP contribution >= 0.6 is 0 Å². The molecule has 0 aliphatic heterocycles. The first-order valence-corrected chi connectivity index (χ1v) is 5.64. The normalized spacial score (nSPS) is 12.0. The number of hydrogen-bond acceptors (Lipinski definition) is 3. The molecular formula is C14H18O3. The second-order valence-corrected chi connectivity index (χ2v) is 4.32. The molecule has 1 aromatic carbocycles. The molecule has 1 unspecified atom stereocenters. The molecule has 0 saturated heterocycles. The average Bonchev–Trinajstić information content (AvgIpc) is 2.27. The van der Waals surface area contributed by atoms with Crippen molar-refractivity contribution in [2.24, 2.45) is 5.92 Å². The summed E-state index contributed by atoms with van der Waals surface area (Å²) < 4.78 is 4.62. The molecule has 3 nitrogen and oxygen atoms in total. The van der Waals surface area contributed by atoms with Crippen molar-refractivity contribution >= 4 is 11.8 Å². The molecule has 17 heavy (non-hydrogen) atoms. The Morgan fingerprint density at radius 2 is 1.76 bits per heavy atom. The van der Waals surface area contributed by atoms with Crippen LogP contribution in [0.25, 0.3) is 0 Å². The van der Waals surface area contributed by atoms with E-state index in [0.717, 1.165) is 16.7 Å². The van der Waals surface area contributed by atoms with Gasteiger partial charge in [0.05, 0.1) is 13.0 Å². The van der Waals surface area contributed by atoms with Crippen molar-refractivity contribution < 1.29 is 14.3 Å². The van der Waals surface area contributed by atoms with Gasteiger partial charge >= 0.3 is 5.97 Å². The van der Waals surface area contributed by atoms with E-state index < -0.39 is 5.92 Å². The van der Waals surface area contributed by atoms with Crippen LogP contribution in [-0.2, 0) is 9.53 Å². The van der Waals surface area contributed by atoms with Crippen LogP contribution in [0.4, 0.5) is 0 Å². The quantitative estimate of drug-likeness (QED) is 0.594. The predicted molar refractivity (Wildman–Crippen MR) is 66.0 cm³/mol. The average molecular weight is 234 g/mol. The summed E-state index contributed by atoms with van der Waals surface area (Å²) in [5, 5.41) is 0. The molecule has 0 fully saturated rings. The first kappa shape index (κ1) is 13.4. The number of esters is 1. The summed E-state index contributed by atoms with van der Waals surface area (Å²) in [4.78, 5) is 23.4. The second kappa shape index (κ2) is 5.62. The smallest absolute Gasteiger partial charge is 0.308 e. The maximum atomic E-state index is 12.1. The zero-order chi connectivity index (χ0) is 13.0. The molecule has 0 aliphatic carbocycles. The number of carbonyl (C=O) groups excluding carboxylic acids is 2. The topological polar surface area (TPSA) is 43.4 Å². The monoisotopic (exact) mass is 234 g/mol. The summed E-state index contributed by atoms with van der Waals surface area (Å²) in [6, 6.07) is 5.73. The lowest BCUT2D eigenvalue weighted by Gasteiger charge is -2.11. The number of methoxy groups -OCH3 is 1. The van der Waals surface area contributed by atoms with Gasteiger partial charge in [0.25, 0.3) is 0 Å². The number of ether oxygens (including phenoxy) is 1. The Morgan fingerprint density at radius 3 is 2.24 bits per heavy atom. The number of hydrogen-bond donors (Lipinski definition) is 0. The van der Waals surface area contributed by atoms with E-state index in [9.17, 15) is 9.59 Å². The van der Waals surface area contributed by atoms with Crippen molar-refractivity contribution in [2.45, 2.75) is 27.2 Å². The lowest BCUT2D eigenvalue weighted by molar-refractivity contribution is -0.144. The summed E-state index contributed by atoms with van der Waals surface area (Å²) in [5.41, 5.74) is 2.63. The summed E-state index contributed by atoms with van der Waals surface area (Å²) in [7, 11) is 1.34. The molecule has 0 heterocycles. The molecule has 0 spiro atoms. The maximum absolute atomic E-state index is 12.1. The summed E-state index contributed by atoms with van der Waals surface area (Å²) in [6.07, 6.45) is 0.193. The molecule has 0 aliphatic rings. The van der Waals surface area contributed by atoms with Crippen LogP contribution in [0.3, 0.4) is 0 Å². The third kappa shape index (κ3) is 3.16. The fourth-order valence-corrected chi connectivity index (χ4v) is 1.92. The van der Waals surface area contributed by atoms with Crippen molar-refractivity contribution in [3.63, 3.8) is 0 Å². The van der Waals surface area contributed by atoms with E-state index in [1.807, 2.05) is 32.0 Å². The first-order valence-electron chi connectivity index (χ1n) is 5.64. The number of ketones is 1. The maximum Gasteiger partial charge on any atom is 0.308 e. The van der Waals surface area contributed by atoms with Gasteiger partial charge in [-0.15, -0.1) is 0 Å². The molecule has 3 heteroatoms. The molecule has 0 amide bonds. The molecule has 0 radical (unpaired) electrons. The Morgan fingerprint density at radius 1 is 1.24 bits per heavy atom. The number of Topliss-reactive ketones (excluding diaryl/α,β-unsaturated/α-hetero) is 1. The van der Waals surface area contributed by atoms with Crippen LogP contribution in [0.5, 0.6) is 0 Å². The molecule has 0 aromatic heterocycles. The van der Waals surface area contributed by atoms with Gasteiger partial charge in [0, 0.05) is 12.0 Å². The highest BCUT2D eigenvalue weighted by molar-refractivity contribution is 6.00. The Labute approximate surface area is 102 Å². The van der Waals surface area contributed by atoms with Crippen molar-refractivity contribution in [1.29, 1.82) is 0 Å². The van der Waals surface area contributed by atoms with Crippen LogP contribution in [0.15, 0.2) is 18.2 Å². The van der Waals surface area contributed by atoms with Crippen LogP contribution in [0.1, 0.15) is 34.8 Å². The Hall–Kier alpha value is -1.64. The van der Waals surface area contributed by atoms with Crippen molar-refractivity contribution in [1.82, 2.24) is 0 Å². The highest BCUT2D eigenvalue weighted by atomic mass is 16.5. The molecule has 1 atom stereocenters. The van der Waals surface area contributed by atoms with E-state index >= 15 is 0 Å². The van der Waals surface area contributed by atoms with Crippen molar-refractivity contribution in [2.75, 3.05) is 7.11 Å². The summed E-state index contributed by atoms with van der Waals surface area (Å²) in [6.45, 7) is 5.52. The van der Waals surface area contributed by atoms with Gasteiger partial charge in [0.15, 0.2) is 5.78 Å². The molecule has 1 rings (SSSR count). The Kier molecular flexibility index (Phi) is 4.44. The van der Waals surface area contributed by atoms with Gasteiger partial charge in [0.1, 0.15) is 0 Å². The molecular weight excluding hydrogens is 216 g/mol. The largest absolute Gasteiger partial charge is 0.469 e. The second-order valence-electron chi connectivity index (χ2n) is 4.32. The Balaban J connectivity index is 2.87. The number of benzene rings is 1. The Bertz CT molecular complexity index is 415. The minimum absolute atomic E-state index is 0.00139. The molecule has 92 valence electrons. The molecule has 0 bridgehead atoms. The minimum Gasteiger partial charge on any atom is -0.469 e. The van der Waals surface area contributed by atoms with Gasteiger partial charge in [-0.3, -0.25) is 9.59 Å². The van der Waals surface area contributed by atoms with E-state index in [4.69, 9.17) is 0 Å². The number of carbonyl (C=O) groups is 2. The SMILES string of the molecule is COC(=O)C(C)CC(=O)c1c(C)cccc1C. The molecule has 0 N–H and O–H groups in total. The summed E-state index contributed by atoms with van der Waals surface area (Å²) in [5.74, 6) is -0.741. The highest BCUT2D eigenvalue weighted by Gasteiger charge is 2.20. The minimum atomic E-state index is -0.397. The lowest BCUT2D eigenvalue weighted by Crippen LogP contribution is -2.18. The van der Waals surface area contributed by atoms with E-state index in [1.54, 1.807) is 6.92 Å². The first-order chi connectivity index (χ1) is 7.97. The van der Waals surface area contributed by atoms with Crippen molar-refractivity contribution in [3.05, 3.63) is 34.9 Å². The fourth-order valence-electron chi connectivity index (χ4n) is 1.92. The fraction of sp³-hybridized carbons (Fsp3) is 0.429. The number of rotatable bonds is 4. The zero-order valence-electron chi connectivity index (χ0n) is 10.7. The van der Waals surface area contributed by atoms with Crippen molar-refractivity contribution in [3.8, 4) is 0 Å². The third-order valence-corrected chi connectivity index (χ3v) is 2.86. The van der Waals surface area contributed by atoms with Crippen LogP contribution in [-0.4, -0.2) is 18.9 Å². The van der Waals surface area contributed by atoms with Gasteiger partial charge in [0.2, 0.25) is 0 Å². The van der Waals surface area contributed by atoms with Gasteiger partial charge in [-0.2, -0.15) is 0 Å². The lowest BCUT2D eigenvalue weighted by atomic mass is 9.93. The predicted octanol–water partition coefficient (Wildman–Crippen LogP) is 2.69. The van der Waals surface area contributed by atoms with Crippen LogP contribution in [0, 0.1) is 19.8 Å². The summed E-state index contributed by atoms with van der Waals surface area (Å²) >= 11 is 0. The van der Waals surface area contributed by atoms with Gasteiger partial charge in [-0.1, -0.05) is 25.1 Å². The number of aryl methyl sites for hydroxylation is 2. The standard InChI is InChI=1S/C14H18O3/c1-9-6-5-7-10(2)13(9)12(15)8-11(3)14(16)17-4/h5-7,11H,8H2,1-4H3. The highest BCUT2D eigenvalue weighted by Crippen LogP contribution is 2.18. The van der Waals surface area contributed by atoms with Gasteiger partial charge in [-0.25, -0.2) is 0 Å². The molecule has 0 saturated carbocycles. The van der Waals surface area contributed by atoms with Gasteiger partial charge in [-0.05, 0) is 25.0 Å². The zero-order valence-corrected chi connectivity index (χ0v) is 10.7. The van der Waals surface area contributed by atoms with Gasteiger partial charge < -0.3 is 4.74 Å². The van der Waals surface area contributed by atoms with Crippen LogP contribution in [0.2, 0.25) is 0 Å².